The number of sulfonamides is 1. The minimum atomic E-state index is -4.52. The molecule has 0 bridgehead atoms. The largest absolute Gasteiger partial charge is 0.416 e. The van der Waals surface area contributed by atoms with Gasteiger partial charge in [-0.25, -0.2) is 8.42 Å². The van der Waals surface area contributed by atoms with Gasteiger partial charge in [-0.2, -0.15) is 17.5 Å². The monoisotopic (exact) mass is 436 g/mol. The molecule has 0 aliphatic carbocycles. The maximum Gasteiger partial charge on any atom is 0.416 e. The van der Waals surface area contributed by atoms with Crippen LogP contribution < -0.4 is 0 Å². The maximum absolute atomic E-state index is 12.8. The first-order chi connectivity index (χ1) is 14.1. The van der Waals surface area contributed by atoms with Crippen LogP contribution in [0.1, 0.15) is 11.1 Å². The summed E-state index contributed by atoms with van der Waals surface area (Å²) in [4.78, 5) is 14.1. The summed E-state index contributed by atoms with van der Waals surface area (Å²) in [6.45, 7) is 1.04. The van der Waals surface area contributed by atoms with Gasteiger partial charge < -0.3 is 4.90 Å². The molecule has 4 rings (SSSR count). The average molecular weight is 436 g/mol. The highest BCUT2D eigenvalue weighted by Crippen LogP contribution is 2.33. The number of amides is 1. The quantitative estimate of drug-likeness (QED) is 0.693. The van der Waals surface area contributed by atoms with E-state index >= 15 is 0 Å². The summed E-state index contributed by atoms with van der Waals surface area (Å²) in [5, 5.41) is 0. The second-order valence-corrected chi connectivity index (χ2v) is 9.35. The molecule has 2 aliphatic rings. The summed E-state index contributed by atoms with van der Waals surface area (Å²) in [6.07, 6.45) is -4.23. The zero-order chi connectivity index (χ0) is 21.5. The Labute approximate surface area is 172 Å². The second-order valence-electron chi connectivity index (χ2n) is 7.41. The van der Waals surface area contributed by atoms with E-state index in [2.05, 4.69) is 0 Å². The smallest absolute Gasteiger partial charge is 0.334 e. The first kappa shape index (κ1) is 20.6. The lowest BCUT2D eigenvalue weighted by atomic mass is 10.1. The molecule has 2 aliphatic heterocycles. The predicted molar refractivity (Wildman–Crippen MR) is 104 cm³/mol. The van der Waals surface area contributed by atoms with Gasteiger partial charge in [0.1, 0.15) is 0 Å². The van der Waals surface area contributed by atoms with Crippen LogP contribution in [-0.4, -0.2) is 49.7 Å². The van der Waals surface area contributed by atoms with Gasteiger partial charge in [0.25, 0.3) is 0 Å². The van der Waals surface area contributed by atoms with Crippen molar-refractivity contribution in [2.75, 3.05) is 26.2 Å². The Balaban J connectivity index is 1.39. The minimum absolute atomic E-state index is 0.0206. The first-order valence-electron chi connectivity index (χ1n) is 9.33. The third-order valence-electron chi connectivity index (χ3n) is 5.37. The van der Waals surface area contributed by atoms with E-state index < -0.39 is 21.8 Å². The summed E-state index contributed by atoms with van der Waals surface area (Å²) in [5.41, 5.74) is 1.79. The Morgan fingerprint density at radius 1 is 0.867 bits per heavy atom. The summed E-state index contributed by atoms with van der Waals surface area (Å²) in [6, 6.07) is 12.9. The number of carbonyl (C=O) groups excluding carboxylic acids is 1. The van der Waals surface area contributed by atoms with Crippen molar-refractivity contribution in [1.29, 1.82) is 0 Å². The minimum Gasteiger partial charge on any atom is -0.334 e. The molecule has 9 heteroatoms. The van der Waals surface area contributed by atoms with Gasteiger partial charge in [-0.15, -0.1) is 0 Å². The number of rotatable bonds is 4. The fourth-order valence-corrected chi connectivity index (χ4v) is 5.17. The predicted octanol–water partition coefficient (Wildman–Crippen LogP) is 3.09. The molecule has 5 nitrogen and oxygen atoms in total. The van der Waals surface area contributed by atoms with Gasteiger partial charge in [0.05, 0.1) is 16.9 Å². The fraction of sp³-hybridized carbons (Fsp3) is 0.286. The third-order valence-corrected chi connectivity index (χ3v) is 7.17. The molecule has 1 amide bonds. The Morgan fingerprint density at radius 3 is 1.97 bits per heavy atom. The van der Waals surface area contributed by atoms with Crippen molar-refractivity contribution in [2.24, 2.45) is 0 Å². The highest BCUT2D eigenvalue weighted by molar-refractivity contribution is 7.89. The number of carbonyl (C=O) groups is 1. The zero-order valence-electron chi connectivity index (χ0n) is 15.9. The van der Waals surface area contributed by atoms with Crippen molar-refractivity contribution in [3.63, 3.8) is 0 Å². The van der Waals surface area contributed by atoms with Crippen LogP contribution in [0.15, 0.2) is 70.6 Å². The summed E-state index contributed by atoms with van der Waals surface area (Å²) in [7, 11) is -3.91. The van der Waals surface area contributed by atoms with Gasteiger partial charge in [0.15, 0.2) is 0 Å². The van der Waals surface area contributed by atoms with Crippen LogP contribution in [0.4, 0.5) is 13.2 Å². The Kier molecular flexibility index (Phi) is 5.19. The molecule has 0 radical (unpaired) electrons. The first-order valence-corrected chi connectivity index (χ1v) is 10.8. The van der Waals surface area contributed by atoms with Crippen LogP contribution in [0, 0.1) is 0 Å². The molecular formula is C21H19F3N2O3S. The molecule has 0 spiro atoms. The van der Waals surface area contributed by atoms with Crippen molar-refractivity contribution in [3.8, 4) is 0 Å². The normalized spacial score (nSPS) is 17.5. The van der Waals surface area contributed by atoms with Gasteiger partial charge >= 0.3 is 6.18 Å². The van der Waals surface area contributed by atoms with Crippen LogP contribution >= 0.6 is 0 Å². The van der Waals surface area contributed by atoms with Crippen LogP contribution in [0.5, 0.6) is 0 Å². The van der Waals surface area contributed by atoms with Crippen molar-refractivity contribution in [2.45, 2.75) is 17.5 Å². The lowest BCUT2D eigenvalue weighted by molar-refractivity contribution is -0.137. The molecule has 158 valence electrons. The number of halogens is 3. The van der Waals surface area contributed by atoms with Crippen molar-refractivity contribution < 1.29 is 26.4 Å². The summed E-state index contributed by atoms with van der Waals surface area (Å²) < 4.78 is 65.0. The molecular weight excluding hydrogens is 417 g/mol. The number of hydrogen-bond donors (Lipinski definition) is 0. The second kappa shape index (κ2) is 7.55. The molecule has 2 aromatic carbocycles. The van der Waals surface area contributed by atoms with E-state index in [-0.39, 0.29) is 30.3 Å². The summed E-state index contributed by atoms with van der Waals surface area (Å²) >= 11 is 0. The van der Waals surface area contributed by atoms with E-state index in [4.69, 9.17) is 0 Å². The number of alkyl halides is 3. The molecule has 0 aromatic heterocycles. The highest BCUT2D eigenvalue weighted by atomic mass is 32.2. The summed E-state index contributed by atoms with van der Waals surface area (Å²) in [5.74, 6) is -0.0206. The molecule has 0 N–H and O–H groups in total. The van der Waals surface area contributed by atoms with Crippen molar-refractivity contribution in [1.82, 2.24) is 9.21 Å². The van der Waals surface area contributed by atoms with E-state index in [1.165, 1.54) is 4.31 Å². The zero-order valence-corrected chi connectivity index (χ0v) is 16.7. The van der Waals surface area contributed by atoms with Crippen LogP contribution in [-0.2, 0) is 27.4 Å². The third kappa shape index (κ3) is 3.99. The van der Waals surface area contributed by atoms with Gasteiger partial charge in [-0.3, -0.25) is 4.79 Å². The molecule has 0 atom stereocenters. The van der Waals surface area contributed by atoms with Gasteiger partial charge in [-0.1, -0.05) is 30.3 Å². The fourth-order valence-electron chi connectivity index (χ4n) is 3.74. The average Bonchev–Trinajstić information content (AvgIpc) is 3.28. The standard InChI is InChI=1S/C21H19F3N2O3S/c22-21(23,24)18-6-8-19(9-7-18)30(28,29)26-13-16-11-25(12-17(16)14-26)20(27)10-15-4-2-1-3-5-15/h1-9H,10-14H2. The topological polar surface area (TPSA) is 57.7 Å². The van der Waals surface area contributed by atoms with E-state index in [1.54, 1.807) is 4.90 Å². The van der Waals surface area contributed by atoms with E-state index in [9.17, 15) is 26.4 Å². The number of nitrogens with zero attached hydrogens (tertiary/aromatic N) is 2. The Morgan fingerprint density at radius 2 is 1.43 bits per heavy atom. The number of hydrogen-bond acceptors (Lipinski definition) is 3. The molecule has 2 heterocycles. The molecule has 0 saturated heterocycles. The van der Waals surface area contributed by atoms with Crippen LogP contribution in [0.25, 0.3) is 0 Å². The van der Waals surface area contributed by atoms with E-state index in [0.717, 1.165) is 41.0 Å². The lowest BCUT2D eigenvalue weighted by Crippen LogP contribution is -2.37. The SMILES string of the molecule is O=C(Cc1ccccc1)N1CC2=C(C1)CN(S(=O)(=O)c1ccc(C(F)(F)F)cc1)C2. The molecule has 30 heavy (non-hydrogen) atoms. The van der Waals surface area contributed by atoms with E-state index in [0.29, 0.717) is 13.1 Å². The van der Waals surface area contributed by atoms with E-state index in [1.807, 2.05) is 30.3 Å². The van der Waals surface area contributed by atoms with Gasteiger partial charge in [0.2, 0.25) is 15.9 Å². The van der Waals surface area contributed by atoms with Gasteiger partial charge in [-0.05, 0) is 41.0 Å². The number of benzene rings is 2. The molecule has 0 fully saturated rings. The van der Waals surface area contributed by atoms with Crippen LogP contribution in [0.3, 0.4) is 0 Å². The molecule has 0 unspecified atom stereocenters. The lowest BCUT2D eigenvalue weighted by Gasteiger charge is -2.23. The highest BCUT2D eigenvalue weighted by Gasteiger charge is 2.38. The molecule has 2 aromatic rings. The molecule has 0 saturated carbocycles. The van der Waals surface area contributed by atoms with Gasteiger partial charge in [0, 0.05) is 26.2 Å². The Bertz CT molecular complexity index is 1080. The van der Waals surface area contributed by atoms with Crippen molar-refractivity contribution >= 4 is 15.9 Å². The van der Waals surface area contributed by atoms with Crippen molar-refractivity contribution in [3.05, 3.63) is 76.9 Å². The Hall–Kier alpha value is -2.65. The van der Waals surface area contributed by atoms with Crippen LogP contribution in [0.2, 0.25) is 0 Å². The maximum atomic E-state index is 12.8.